The third kappa shape index (κ3) is 2.43. The Morgan fingerprint density at radius 2 is 2.10 bits per heavy atom. The summed E-state index contributed by atoms with van der Waals surface area (Å²) < 4.78 is 0. The van der Waals surface area contributed by atoms with Crippen LogP contribution in [0.3, 0.4) is 0 Å². The maximum Gasteiger partial charge on any atom is 0.0309 e. The summed E-state index contributed by atoms with van der Waals surface area (Å²) in [5.41, 5.74) is 3.56. The van der Waals surface area contributed by atoms with E-state index in [9.17, 15) is 0 Å². The van der Waals surface area contributed by atoms with Gasteiger partial charge in [-0.3, -0.25) is 4.90 Å². The number of rotatable bonds is 4. The number of fused-ring (bicyclic) bond motifs is 1. The van der Waals surface area contributed by atoms with Gasteiger partial charge in [-0.2, -0.15) is 0 Å². The highest BCUT2D eigenvalue weighted by molar-refractivity contribution is 5.40. The van der Waals surface area contributed by atoms with Gasteiger partial charge in [-0.1, -0.05) is 31.2 Å². The van der Waals surface area contributed by atoms with Crippen molar-refractivity contribution in [3.05, 3.63) is 35.4 Å². The third-order valence-electron chi connectivity index (χ3n) is 6.16. The first-order chi connectivity index (χ1) is 10.2. The lowest BCUT2D eigenvalue weighted by Gasteiger charge is -2.48. The Labute approximate surface area is 128 Å². The molecule has 0 spiro atoms. The van der Waals surface area contributed by atoms with Crippen LogP contribution in [0.15, 0.2) is 24.3 Å². The fourth-order valence-corrected chi connectivity index (χ4v) is 4.51. The van der Waals surface area contributed by atoms with E-state index >= 15 is 0 Å². The fourth-order valence-electron chi connectivity index (χ4n) is 4.51. The second kappa shape index (κ2) is 5.10. The van der Waals surface area contributed by atoms with E-state index in [0.29, 0.717) is 5.54 Å². The van der Waals surface area contributed by atoms with Crippen LogP contribution in [0.25, 0.3) is 0 Å². The van der Waals surface area contributed by atoms with Crippen molar-refractivity contribution in [3.63, 3.8) is 0 Å². The van der Waals surface area contributed by atoms with Gasteiger partial charge >= 0.3 is 0 Å². The summed E-state index contributed by atoms with van der Waals surface area (Å²) in [6.45, 7) is 8.48. The largest absolute Gasteiger partial charge is 0.308 e. The predicted molar refractivity (Wildman–Crippen MR) is 87.7 cm³/mol. The lowest BCUT2D eigenvalue weighted by atomic mass is 9.76. The van der Waals surface area contributed by atoms with Crippen molar-refractivity contribution in [2.24, 2.45) is 5.92 Å². The number of hydrogen-bond acceptors (Lipinski definition) is 2. The number of nitrogens with zero attached hydrogens (tertiary/aromatic N) is 1. The molecule has 1 aromatic rings. The van der Waals surface area contributed by atoms with E-state index in [4.69, 9.17) is 0 Å². The molecule has 21 heavy (non-hydrogen) atoms. The Morgan fingerprint density at radius 3 is 2.81 bits per heavy atom. The van der Waals surface area contributed by atoms with Crippen LogP contribution in [0.5, 0.6) is 0 Å². The summed E-state index contributed by atoms with van der Waals surface area (Å²) in [5, 5.41) is 3.88. The van der Waals surface area contributed by atoms with Crippen LogP contribution in [0, 0.1) is 5.92 Å². The van der Waals surface area contributed by atoms with Crippen molar-refractivity contribution in [2.45, 2.75) is 57.0 Å². The molecule has 3 aliphatic rings. The predicted octanol–water partition coefficient (Wildman–Crippen LogP) is 3.18. The molecule has 1 N–H and O–H groups in total. The molecule has 1 aromatic carbocycles. The van der Waals surface area contributed by atoms with Crippen LogP contribution in [0.2, 0.25) is 0 Å². The van der Waals surface area contributed by atoms with Gasteiger partial charge in [0.25, 0.3) is 0 Å². The zero-order valence-corrected chi connectivity index (χ0v) is 13.4. The maximum absolute atomic E-state index is 3.88. The number of benzene rings is 1. The molecule has 2 aliphatic carbocycles. The molecule has 114 valence electrons. The molecular formula is C19H28N2. The summed E-state index contributed by atoms with van der Waals surface area (Å²) in [4.78, 5) is 2.80. The topological polar surface area (TPSA) is 15.3 Å². The Kier molecular flexibility index (Phi) is 3.35. The molecule has 0 bridgehead atoms. The Balaban J connectivity index is 1.47. The summed E-state index contributed by atoms with van der Waals surface area (Å²) >= 11 is 0. The van der Waals surface area contributed by atoms with Gasteiger partial charge in [-0.05, 0) is 49.7 Å². The van der Waals surface area contributed by atoms with Crippen LogP contribution in [-0.4, -0.2) is 36.1 Å². The van der Waals surface area contributed by atoms with Crippen LogP contribution in [0.1, 0.15) is 50.2 Å². The summed E-state index contributed by atoms with van der Waals surface area (Å²) in [6.07, 6.45) is 5.42. The molecule has 1 saturated carbocycles. The van der Waals surface area contributed by atoms with Gasteiger partial charge in [0.15, 0.2) is 0 Å². The highest BCUT2D eigenvalue weighted by atomic mass is 15.3. The summed E-state index contributed by atoms with van der Waals surface area (Å²) in [6, 6.07) is 9.75. The quantitative estimate of drug-likeness (QED) is 0.913. The second-order valence-electron chi connectivity index (χ2n) is 7.66. The standard InChI is InChI=1S/C19H28N2/c1-3-17-11-20-19(2,16-8-9-16)13-21(17)12-15-10-14-6-4-5-7-18(14)15/h4-7,15-17,20H,3,8-13H2,1-2H3. The van der Waals surface area contributed by atoms with Crippen molar-refractivity contribution in [1.82, 2.24) is 10.2 Å². The van der Waals surface area contributed by atoms with E-state index in [0.717, 1.165) is 17.9 Å². The van der Waals surface area contributed by atoms with Gasteiger partial charge in [-0.25, -0.2) is 0 Å². The first-order valence-electron chi connectivity index (χ1n) is 8.76. The zero-order valence-electron chi connectivity index (χ0n) is 13.4. The maximum atomic E-state index is 3.88. The van der Waals surface area contributed by atoms with Crippen molar-refractivity contribution in [3.8, 4) is 0 Å². The lowest BCUT2D eigenvalue weighted by molar-refractivity contribution is 0.0654. The van der Waals surface area contributed by atoms with Crippen LogP contribution < -0.4 is 5.32 Å². The average Bonchev–Trinajstić information content (AvgIpc) is 3.30. The van der Waals surface area contributed by atoms with E-state index in [1.807, 2.05) is 0 Å². The van der Waals surface area contributed by atoms with Crippen molar-refractivity contribution in [2.75, 3.05) is 19.6 Å². The molecule has 2 nitrogen and oxygen atoms in total. The number of hydrogen-bond donors (Lipinski definition) is 1. The van der Waals surface area contributed by atoms with Gasteiger partial charge in [0.05, 0.1) is 0 Å². The fraction of sp³-hybridized carbons (Fsp3) is 0.684. The highest BCUT2D eigenvalue weighted by Gasteiger charge is 2.46. The SMILES string of the molecule is CCC1CNC(C)(C2CC2)CN1CC1Cc2ccccc21. The zero-order chi connectivity index (χ0) is 14.4. The monoisotopic (exact) mass is 284 g/mol. The number of nitrogens with one attached hydrogen (secondary N) is 1. The Bertz CT molecular complexity index is 522. The molecule has 1 saturated heterocycles. The molecule has 3 atom stereocenters. The molecule has 3 unspecified atom stereocenters. The molecule has 1 aliphatic heterocycles. The van der Waals surface area contributed by atoms with Gasteiger partial charge < -0.3 is 5.32 Å². The van der Waals surface area contributed by atoms with Crippen molar-refractivity contribution >= 4 is 0 Å². The minimum absolute atomic E-state index is 0.370. The van der Waals surface area contributed by atoms with E-state index < -0.39 is 0 Å². The molecule has 0 radical (unpaired) electrons. The molecule has 1 heterocycles. The van der Waals surface area contributed by atoms with Gasteiger partial charge in [0, 0.05) is 37.1 Å². The van der Waals surface area contributed by atoms with Crippen molar-refractivity contribution < 1.29 is 0 Å². The minimum atomic E-state index is 0.370. The smallest absolute Gasteiger partial charge is 0.0309 e. The Morgan fingerprint density at radius 1 is 1.29 bits per heavy atom. The molecule has 2 fully saturated rings. The van der Waals surface area contributed by atoms with Gasteiger partial charge in [-0.15, -0.1) is 0 Å². The number of piperazine rings is 1. The first kappa shape index (κ1) is 13.8. The first-order valence-corrected chi connectivity index (χ1v) is 8.76. The average molecular weight is 284 g/mol. The van der Waals surface area contributed by atoms with E-state index in [-0.39, 0.29) is 0 Å². The molecule has 0 aromatic heterocycles. The summed E-state index contributed by atoms with van der Waals surface area (Å²) in [5.74, 6) is 1.70. The van der Waals surface area contributed by atoms with E-state index in [1.54, 1.807) is 11.1 Å². The van der Waals surface area contributed by atoms with E-state index in [1.165, 1.54) is 45.3 Å². The molecule has 2 heteroatoms. The van der Waals surface area contributed by atoms with Gasteiger partial charge in [0.2, 0.25) is 0 Å². The Hall–Kier alpha value is -0.860. The highest BCUT2D eigenvalue weighted by Crippen LogP contribution is 2.42. The van der Waals surface area contributed by atoms with Crippen molar-refractivity contribution in [1.29, 1.82) is 0 Å². The minimum Gasteiger partial charge on any atom is -0.308 e. The molecule has 0 amide bonds. The third-order valence-corrected chi connectivity index (χ3v) is 6.16. The van der Waals surface area contributed by atoms with Crippen LogP contribution >= 0.6 is 0 Å². The van der Waals surface area contributed by atoms with E-state index in [2.05, 4.69) is 48.3 Å². The second-order valence-corrected chi connectivity index (χ2v) is 7.66. The van der Waals surface area contributed by atoms with Crippen LogP contribution in [0.4, 0.5) is 0 Å². The lowest BCUT2D eigenvalue weighted by Crippen LogP contribution is -2.64. The van der Waals surface area contributed by atoms with Crippen LogP contribution in [-0.2, 0) is 6.42 Å². The van der Waals surface area contributed by atoms with Gasteiger partial charge in [0.1, 0.15) is 0 Å². The molecule has 4 rings (SSSR count). The molecular weight excluding hydrogens is 256 g/mol. The summed E-state index contributed by atoms with van der Waals surface area (Å²) in [7, 11) is 0. The normalized spacial score (nSPS) is 36.1.